The van der Waals surface area contributed by atoms with Crippen molar-refractivity contribution < 1.29 is 0 Å². The number of thiazole rings is 1. The number of nitrogen functional groups attached to an aromatic ring is 1. The Morgan fingerprint density at radius 2 is 2.05 bits per heavy atom. The second kappa shape index (κ2) is 5.58. The summed E-state index contributed by atoms with van der Waals surface area (Å²) >= 11 is 7.75. The summed E-state index contributed by atoms with van der Waals surface area (Å²) < 4.78 is 0. The van der Waals surface area contributed by atoms with Crippen LogP contribution in [0.15, 0.2) is 48.0 Å². The van der Waals surface area contributed by atoms with E-state index in [2.05, 4.69) is 15.4 Å². The van der Waals surface area contributed by atoms with Crippen LogP contribution in [0.2, 0.25) is 5.02 Å². The molecule has 2 heterocycles. The van der Waals surface area contributed by atoms with Gasteiger partial charge in [0.15, 0.2) is 0 Å². The second-order valence-corrected chi connectivity index (χ2v) is 5.36. The largest absolute Gasteiger partial charge is 0.308 e. The SMILES string of the molecule is NNc1cc(-c2nc(-c3ccccc3Cl)cs2)ccn1. The molecule has 2 aromatic heterocycles. The molecule has 1 aromatic carbocycles. The molecule has 0 aliphatic heterocycles. The summed E-state index contributed by atoms with van der Waals surface area (Å²) in [5.74, 6) is 5.97. The van der Waals surface area contributed by atoms with Gasteiger partial charge in [-0.3, -0.25) is 0 Å². The summed E-state index contributed by atoms with van der Waals surface area (Å²) in [6.07, 6.45) is 1.70. The third kappa shape index (κ3) is 2.51. The van der Waals surface area contributed by atoms with E-state index in [1.54, 1.807) is 17.5 Å². The molecule has 3 rings (SSSR count). The van der Waals surface area contributed by atoms with Crippen molar-refractivity contribution in [3.8, 4) is 21.8 Å². The molecule has 6 heteroatoms. The Morgan fingerprint density at radius 3 is 2.85 bits per heavy atom. The normalized spacial score (nSPS) is 10.5. The number of nitrogens with one attached hydrogen (secondary N) is 1. The predicted octanol–water partition coefficient (Wildman–Crippen LogP) is 3.81. The first-order chi connectivity index (χ1) is 9.78. The maximum atomic E-state index is 6.19. The van der Waals surface area contributed by atoms with Gasteiger partial charge in [0.05, 0.1) is 5.69 Å². The van der Waals surface area contributed by atoms with Crippen molar-refractivity contribution in [1.82, 2.24) is 9.97 Å². The van der Waals surface area contributed by atoms with E-state index in [-0.39, 0.29) is 0 Å². The third-order valence-corrected chi connectivity index (χ3v) is 4.03. The quantitative estimate of drug-likeness (QED) is 0.570. The molecule has 0 bridgehead atoms. The summed E-state index contributed by atoms with van der Waals surface area (Å²) in [4.78, 5) is 8.71. The lowest BCUT2D eigenvalue weighted by Gasteiger charge is -2.01. The van der Waals surface area contributed by atoms with Crippen LogP contribution in [0.25, 0.3) is 21.8 Å². The van der Waals surface area contributed by atoms with Crippen molar-refractivity contribution in [2.45, 2.75) is 0 Å². The number of hydrazine groups is 1. The van der Waals surface area contributed by atoms with Crippen molar-refractivity contribution in [3.05, 3.63) is 53.0 Å². The molecule has 0 spiro atoms. The maximum absolute atomic E-state index is 6.19. The molecule has 0 fully saturated rings. The Hall–Kier alpha value is -1.95. The fraction of sp³-hybridized carbons (Fsp3) is 0. The first kappa shape index (κ1) is 13.1. The van der Waals surface area contributed by atoms with E-state index in [0.717, 1.165) is 21.8 Å². The number of pyridine rings is 1. The number of hydrogen-bond donors (Lipinski definition) is 2. The molecule has 0 aliphatic carbocycles. The molecule has 0 unspecified atom stereocenters. The Bertz CT molecular complexity index is 741. The monoisotopic (exact) mass is 302 g/mol. The van der Waals surface area contributed by atoms with Gasteiger partial charge >= 0.3 is 0 Å². The van der Waals surface area contributed by atoms with E-state index in [0.29, 0.717) is 10.8 Å². The lowest BCUT2D eigenvalue weighted by molar-refractivity contribution is 1.23. The average Bonchev–Trinajstić information content (AvgIpc) is 2.97. The first-order valence-electron chi connectivity index (χ1n) is 5.91. The van der Waals surface area contributed by atoms with Crippen molar-refractivity contribution >= 4 is 28.8 Å². The van der Waals surface area contributed by atoms with Crippen LogP contribution in [0.5, 0.6) is 0 Å². The maximum Gasteiger partial charge on any atom is 0.140 e. The average molecular weight is 303 g/mol. The van der Waals surface area contributed by atoms with Gasteiger partial charge < -0.3 is 5.43 Å². The number of halogens is 1. The van der Waals surface area contributed by atoms with Gasteiger partial charge in [0.1, 0.15) is 10.8 Å². The standard InChI is InChI=1S/C14H11ClN4S/c15-11-4-2-1-3-10(11)12-8-20-14(18-12)9-5-6-17-13(7-9)19-16/h1-8H,16H2,(H,17,19). The van der Waals surface area contributed by atoms with E-state index in [4.69, 9.17) is 17.4 Å². The third-order valence-electron chi connectivity index (χ3n) is 2.81. The van der Waals surface area contributed by atoms with Gasteiger partial charge in [-0.15, -0.1) is 11.3 Å². The highest BCUT2D eigenvalue weighted by molar-refractivity contribution is 7.13. The van der Waals surface area contributed by atoms with E-state index in [1.807, 2.05) is 41.8 Å². The first-order valence-corrected chi connectivity index (χ1v) is 7.17. The number of anilines is 1. The molecule has 20 heavy (non-hydrogen) atoms. The minimum Gasteiger partial charge on any atom is -0.308 e. The van der Waals surface area contributed by atoms with E-state index in [1.165, 1.54) is 0 Å². The van der Waals surface area contributed by atoms with Crippen LogP contribution in [0, 0.1) is 0 Å². The van der Waals surface area contributed by atoms with E-state index >= 15 is 0 Å². The van der Waals surface area contributed by atoms with Crippen LogP contribution in [-0.4, -0.2) is 9.97 Å². The summed E-state index contributed by atoms with van der Waals surface area (Å²) in [6, 6.07) is 11.4. The lowest BCUT2D eigenvalue weighted by Crippen LogP contribution is -2.08. The fourth-order valence-electron chi connectivity index (χ4n) is 1.84. The van der Waals surface area contributed by atoms with Gasteiger partial charge in [0.25, 0.3) is 0 Å². The lowest BCUT2D eigenvalue weighted by atomic mass is 10.2. The molecule has 3 aromatic rings. The minimum atomic E-state index is 0.608. The molecule has 0 radical (unpaired) electrons. The van der Waals surface area contributed by atoms with Crippen molar-refractivity contribution in [2.24, 2.45) is 5.84 Å². The van der Waals surface area contributed by atoms with Crippen LogP contribution in [0.3, 0.4) is 0 Å². The summed E-state index contributed by atoms with van der Waals surface area (Å²) in [6.45, 7) is 0. The van der Waals surface area contributed by atoms with Gasteiger partial charge in [-0.05, 0) is 18.2 Å². The molecule has 0 amide bonds. The van der Waals surface area contributed by atoms with Gasteiger partial charge in [0.2, 0.25) is 0 Å². The summed E-state index contributed by atoms with van der Waals surface area (Å²) in [5.41, 5.74) is 5.30. The van der Waals surface area contributed by atoms with Crippen LogP contribution in [0.4, 0.5) is 5.82 Å². The zero-order valence-electron chi connectivity index (χ0n) is 10.4. The van der Waals surface area contributed by atoms with E-state index in [9.17, 15) is 0 Å². The van der Waals surface area contributed by atoms with Gasteiger partial charge in [-0.2, -0.15) is 0 Å². The highest BCUT2D eigenvalue weighted by Crippen LogP contribution is 2.32. The number of aromatic nitrogens is 2. The number of hydrogen-bond acceptors (Lipinski definition) is 5. The number of benzene rings is 1. The molecule has 4 nitrogen and oxygen atoms in total. The Kier molecular flexibility index (Phi) is 3.64. The fourth-order valence-corrected chi connectivity index (χ4v) is 2.89. The van der Waals surface area contributed by atoms with Gasteiger partial charge in [-0.25, -0.2) is 15.8 Å². The molecule has 0 atom stereocenters. The minimum absolute atomic E-state index is 0.608. The van der Waals surface area contributed by atoms with Crippen LogP contribution in [-0.2, 0) is 0 Å². The molecular weight excluding hydrogens is 292 g/mol. The second-order valence-electron chi connectivity index (χ2n) is 4.09. The zero-order valence-corrected chi connectivity index (χ0v) is 11.9. The highest BCUT2D eigenvalue weighted by Gasteiger charge is 2.09. The smallest absolute Gasteiger partial charge is 0.140 e. The summed E-state index contributed by atoms with van der Waals surface area (Å²) in [5, 5.41) is 3.59. The van der Waals surface area contributed by atoms with E-state index < -0.39 is 0 Å². The van der Waals surface area contributed by atoms with Crippen LogP contribution >= 0.6 is 22.9 Å². The molecule has 0 aliphatic rings. The van der Waals surface area contributed by atoms with Crippen LogP contribution in [0.1, 0.15) is 0 Å². The highest BCUT2D eigenvalue weighted by atomic mass is 35.5. The number of nitrogens with two attached hydrogens (primary N) is 1. The van der Waals surface area contributed by atoms with Crippen LogP contribution < -0.4 is 11.3 Å². The van der Waals surface area contributed by atoms with Crippen molar-refractivity contribution in [2.75, 3.05) is 5.43 Å². The summed E-state index contributed by atoms with van der Waals surface area (Å²) in [7, 11) is 0. The predicted molar refractivity (Wildman–Crippen MR) is 83.6 cm³/mol. The Labute approximate surface area is 125 Å². The molecule has 100 valence electrons. The number of rotatable bonds is 3. The van der Waals surface area contributed by atoms with Gasteiger partial charge in [-0.1, -0.05) is 29.8 Å². The van der Waals surface area contributed by atoms with Gasteiger partial charge in [0, 0.05) is 27.7 Å². The molecule has 0 saturated carbocycles. The van der Waals surface area contributed by atoms with Crippen molar-refractivity contribution in [1.29, 1.82) is 0 Å². The van der Waals surface area contributed by atoms with Crippen molar-refractivity contribution in [3.63, 3.8) is 0 Å². The number of nitrogens with zero attached hydrogens (tertiary/aromatic N) is 2. The molecule has 3 N–H and O–H groups in total. The topological polar surface area (TPSA) is 63.8 Å². The molecule has 0 saturated heterocycles. The Balaban J connectivity index is 2.00. The zero-order chi connectivity index (χ0) is 13.9. The molecular formula is C14H11ClN4S. The Morgan fingerprint density at radius 1 is 1.20 bits per heavy atom.